The maximum Gasteiger partial charge on any atom is 0.390 e. The van der Waals surface area contributed by atoms with E-state index in [4.69, 9.17) is 0 Å². The van der Waals surface area contributed by atoms with Crippen molar-refractivity contribution in [2.75, 3.05) is 11.9 Å². The first-order valence-corrected chi connectivity index (χ1v) is 8.59. The third-order valence-corrected chi connectivity index (χ3v) is 4.53. The number of alkyl halides is 3. The SMILES string of the molecule is Cc1ccc(-c2cnc3c(NCCC(F)(F)F)cc(Br)cn23)cc1C. The van der Waals surface area contributed by atoms with Crippen LogP contribution in [0.5, 0.6) is 0 Å². The van der Waals surface area contributed by atoms with E-state index in [0.29, 0.717) is 11.3 Å². The van der Waals surface area contributed by atoms with E-state index in [1.807, 2.05) is 36.6 Å². The van der Waals surface area contributed by atoms with Crippen molar-refractivity contribution in [3.8, 4) is 11.3 Å². The molecule has 0 saturated carbocycles. The maximum absolute atomic E-state index is 12.4. The Bertz CT molecular complexity index is 916. The molecule has 1 aromatic carbocycles. The van der Waals surface area contributed by atoms with Crippen molar-refractivity contribution >= 4 is 27.3 Å². The van der Waals surface area contributed by atoms with Crippen molar-refractivity contribution in [3.63, 3.8) is 0 Å². The Morgan fingerprint density at radius 1 is 1.16 bits per heavy atom. The number of nitrogens with one attached hydrogen (secondary N) is 1. The molecular formula is C18H17BrF3N3. The summed E-state index contributed by atoms with van der Waals surface area (Å²) in [6.07, 6.45) is -1.48. The van der Waals surface area contributed by atoms with Crippen molar-refractivity contribution in [1.82, 2.24) is 9.38 Å². The van der Waals surface area contributed by atoms with Gasteiger partial charge in [-0.05, 0) is 53.0 Å². The van der Waals surface area contributed by atoms with Crippen LogP contribution in [0.15, 0.2) is 41.1 Å². The molecule has 132 valence electrons. The third kappa shape index (κ3) is 3.98. The van der Waals surface area contributed by atoms with Gasteiger partial charge in [0.15, 0.2) is 5.65 Å². The van der Waals surface area contributed by atoms with E-state index in [1.54, 1.807) is 12.3 Å². The first-order chi connectivity index (χ1) is 11.7. The zero-order valence-electron chi connectivity index (χ0n) is 13.8. The molecule has 3 rings (SSSR count). The minimum atomic E-state index is -4.19. The van der Waals surface area contributed by atoms with Crippen LogP contribution in [0.3, 0.4) is 0 Å². The minimum absolute atomic E-state index is 0.193. The van der Waals surface area contributed by atoms with Crippen LogP contribution in [0, 0.1) is 13.8 Å². The molecule has 0 radical (unpaired) electrons. The number of aromatic nitrogens is 2. The molecule has 0 bridgehead atoms. The number of halogens is 4. The normalized spacial score (nSPS) is 11.9. The molecule has 25 heavy (non-hydrogen) atoms. The van der Waals surface area contributed by atoms with E-state index in [9.17, 15) is 13.2 Å². The number of pyridine rings is 1. The lowest BCUT2D eigenvalue weighted by Crippen LogP contribution is -2.15. The summed E-state index contributed by atoms with van der Waals surface area (Å²) < 4.78 is 39.8. The van der Waals surface area contributed by atoms with Crippen LogP contribution in [0.25, 0.3) is 16.9 Å². The summed E-state index contributed by atoms with van der Waals surface area (Å²) in [5.41, 5.74) is 5.43. The monoisotopic (exact) mass is 411 g/mol. The molecule has 0 atom stereocenters. The van der Waals surface area contributed by atoms with E-state index in [0.717, 1.165) is 15.7 Å². The summed E-state index contributed by atoms with van der Waals surface area (Å²) in [5, 5.41) is 2.84. The summed E-state index contributed by atoms with van der Waals surface area (Å²) in [6, 6.07) is 7.88. The van der Waals surface area contributed by atoms with Gasteiger partial charge in [0, 0.05) is 22.8 Å². The van der Waals surface area contributed by atoms with Gasteiger partial charge in [-0.25, -0.2) is 4.98 Å². The van der Waals surface area contributed by atoms with Gasteiger partial charge >= 0.3 is 6.18 Å². The number of anilines is 1. The van der Waals surface area contributed by atoms with Crippen molar-refractivity contribution in [3.05, 3.63) is 52.3 Å². The Hall–Kier alpha value is -2.02. The Balaban J connectivity index is 1.99. The van der Waals surface area contributed by atoms with Crippen LogP contribution in [-0.4, -0.2) is 22.1 Å². The van der Waals surface area contributed by atoms with Gasteiger partial charge in [-0.1, -0.05) is 12.1 Å². The summed E-state index contributed by atoms with van der Waals surface area (Å²) >= 11 is 3.42. The average Bonchev–Trinajstić information content (AvgIpc) is 2.92. The lowest BCUT2D eigenvalue weighted by molar-refractivity contribution is -0.131. The molecule has 0 amide bonds. The molecule has 2 aromatic heterocycles. The Morgan fingerprint density at radius 3 is 2.60 bits per heavy atom. The molecule has 0 spiro atoms. The molecule has 0 unspecified atom stereocenters. The molecule has 3 aromatic rings. The highest BCUT2D eigenvalue weighted by atomic mass is 79.9. The molecule has 0 aliphatic rings. The number of benzene rings is 1. The second-order valence-corrected chi connectivity index (χ2v) is 6.92. The Labute approximate surface area is 152 Å². The van der Waals surface area contributed by atoms with Gasteiger partial charge in [0.05, 0.1) is 24.0 Å². The van der Waals surface area contributed by atoms with Crippen LogP contribution in [0.1, 0.15) is 17.5 Å². The molecule has 0 aliphatic heterocycles. The lowest BCUT2D eigenvalue weighted by Gasteiger charge is -2.11. The molecule has 2 heterocycles. The molecule has 7 heteroatoms. The summed E-state index contributed by atoms with van der Waals surface area (Å²) in [5.74, 6) is 0. The van der Waals surface area contributed by atoms with Crippen molar-refractivity contribution in [2.24, 2.45) is 0 Å². The number of rotatable bonds is 4. The first kappa shape index (κ1) is 17.8. The van der Waals surface area contributed by atoms with Crippen molar-refractivity contribution in [1.29, 1.82) is 0 Å². The smallest absolute Gasteiger partial charge is 0.382 e. The summed E-state index contributed by atoms with van der Waals surface area (Å²) in [4.78, 5) is 4.40. The predicted molar refractivity (Wildman–Crippen MR) is 97.0 cm³/mol. The zero-order valence-corrected chi connectivity index (χ0v) is 15.4. The number of aryl methyl sites for hydroxylation is 2. The standard InChI is InChI=1S/C18H17BrF3N3/c1-11-3-4-13(7-12(11)2)16-9-24-17-15(8-14(19)10-25(16)17)23-6-5-18(20,21)22/h3-4,7-10,23H,5-6H2,1-2H3. The fourth-order valence-electron chi connectivity index (χ4n) is 2.64. The van der Waals surface area contributed by atoms with Crippen molar-refractivity contribution < 1.29 is 13.2 Å². The van der Waals surface area contributed by atoms with E-state index in [1.165, 1.54) is 11.1 Å². The zero-order chi connectivity index (χ0) is 18.2. The van der Waals surface area contributed by atoms with Crippen LogP contribution in [0.4, 0.5) is 18.9 Å². The second-order valence-electron chi connectivity index (χ2n) is 6.00. The number of hydrogen-bond donors (Lipinski definition) is 1. The van der Waals surface area contributed by atoms with Gasteiger partial charge in [-0.2, -0.15) is 13.2 Å². The average molecular weight is 412 g/mol. The number of fused-ring (bicyclic) bond motifs is 1. The van der Waals surface area contributed by atoms with E-state index >= 15 is 0 Å². The molecule has 0 fully saturated rings. The molecular weight excluding hydrogens is 395 g/mol. The van der Waals surface area contributed by atoms with Crippen LogP contribution in [-0.2, 0) is 0 Å². The van der Waals surface area contributed by atoms with E-state index in [-0.39, 0.29) is 6.54 Å². The van der Waals surface area contributed by atoms with Gasteiger partial charge in [-0.15, -0.1) is 0 Å². The number of nitrogens with zero attached hydrogens (tertiary/aromatic N) is 2. The largest absolute Gasteiger partial charge is 0.390 e. The number of imidazole rings is 1. The molecule has 1 N–H and O–H groups in total. The van der Waals surface area contributed by atoms with E-state index < -0.39 is 12.6 Å². The second kappa shape index (κ2) is 6.71. The minimum Gasteiger partial charge on any atom is -0.382 e. The molecule has 0 aliphatic carbocycles. The third-order valence-electron chi connectivity index (χ3n) is 4.10. The molecule has 0 saturated heterocycles. The maximum atomic E-state index is 12.4. The van der Waals surface area contributed by atoms with Gasteiger partial charge in [0.2, 0.25) is 0 Å². The molecule has 3 nitrogen and oxygen atoms in total. The first-order valence-electron chi connectivity index (χ1n) is 7.79. The van der Waals surface area contributed by atoms with Gasteiger partial charge in [-0.3, -0.25) is 4.40 Å². The van der Waals surface area contributed by atoms with E-state index in [2.05, 4.69) is 32.3 Å². The highest BCUT2D eigenvalue weighted by Gasteiger charge is 2.26. The Kier molecular flexibility index (Phi) is 4.77. The van der Waals surface area contributed by atoms with Crippen LogP contribution in [0.2, 0.25) is 0 Å². The fourth-order valence-corrected chi connectivity index (χ4v) is 3.07. The topological polar surface area (TPSA) is 29.3 Å². The highest BCUT2D eigenvalue weighted by Crippen LogP contribution is 2.29. The lowest BCUT2D eigenvalue weighted by atomic mass is 10.0. The quantitative estimate of drug-likeness (QED) is 0.592. The van der Waals surface area contributed by atoms with Gasteiger partial charge in [0.25, 0.3) is 0 Å². The summed E-state index contributed by atoms with van der Waals surface area (Å²) in [6.45, 7) is 3.90. The number of hydrogen-bond acceptors (Lipinski definition) is 2. The summed E-state index contributed by atoms with van der Waals surface area (Å²) in [7, 11) is 0. The predicted octanol–water partition coefficient (Wildman–Crippen LogP) is 5.74. The van der Waals surface area contributed by atoms with Gasteiger partial charge < -0.3 is 5.32 Å². The van der Waals surface area contributed by atoms with Crippen LogP contribution >= 0.6 is 15.9 Å². The highest BCUT2D eigenvalue weighted by molar-refractivity contribution is 9.10. The Morgan fingerprint density at radius 2 is 1.92 bits per heavy atom. The van der Waals surface area contributed by atoms with Crippen LogP contribution < -0.4 is 5.32 Å². The van der Waals surface area contributed by atoms with Gasteiger partial charge in [0.1, 0.15) is 0 Å². The fraction of sp³-hybridized carbons (Fsp3) is 0.278. The van der Waals surface area contributed by atoms with Crippen molar-refractivity contribution in [2.45, 2.75) is 26.4 Å².